The minimum atomic E-state index is -3.53. The zero-order chi connectivity index (χ0) is 110. The van der Waals surface area contributed by atoms with Gasteiger partial charge in [0.15, 0.2) is 49.0 Å². The first-order chi connectivity index (χ1) is 69.4. The van der Waals surface area contributed by atoms with E-state index in [-0.39, 0.29) is 183 Å². The lowest BCUT2D eigenvalue weighted by molar-refractivity contribution is -0.114. The van der Waals surface area contributed by atoms with Crippen LogP contribution in [0.15, 0.2) is 237 Å². The van der Waals surface area contributed by atoms with Gasteiger partial charge >= 0.3 is 0 Å². The number of rotatable bonds is 19. The molecule has 1 aromatic heterocycles. The molecule has 1 amide bonds. The number of carbonyl (C=O) groups is 9. The van der Waals surface area contributed by atoms with E-state index in [2.05, 4.69) is 126 Å². The highest BCUT2D eigenvalue weighted by molar-refractivity contribution is 9.16. The monoisotopic (exact) mass is 2470 g/mol. The van der Waals surface area contributed by atoms with Crippen LogP contribution in [-0.4, -0.2) is 158 Å². The molecule has 9 aromatic rings. The number of phenols is 6. The van der Waals surface area contributed by atoms with Crippen LogP contribution in [0, 0.1) is 102 Å². The highest BCUT2D eigenvalue weighted by atomic mass is 79.9. The molecule has 7 N–H and O–H groups in total. The molecule has 148 heavy (non-hydrogen) atoms. The minimum Gasteiger partial charge on any atom is -0.507 e. The van der Waals surface area contributed by atoms with Crippen molar-refractivity contribution < 1.29 is 136 Å². The Bertz CT molecular complexity index is 7680. The number of ether oxygens (including phenoxy) is 2. The van der Waals surface area contributed by atoms with Crippen LogP contribution >= 0.6 is 107 Å². The number of hydrogen-bond donors (Lipinski definition) is 7. The van der Waals surface area contributed by atoms with Crippen molar-refractivity contribution in [2.24, 2.45) is 32.2 Å². The number of phenolic OH excluding ortho intramolecular Hbond substituents is 6. The van der Waals surface area contributed by atoms with Crippen LogP contribution in [-0.2, 0) is 21.7 Å². The van der Waals surface area contributed by atoms with Crippen molar-refractivity contribution in [2.45, 2.75) is 93.9 Å². The fourth-order valence-corrected chi connectivity index (χ4v) is 18.7. The van der Waals surface area contributed by atoms with Crippen molar-refractivity contribution in [1.29, 1.82) is 0 Å². The minimum absolute atomic E-state index is 0.0347. The van der Waals surface area contributed by atoms with Crippen molar-refractivity contribution in [3.63, 3.8) is 0 Å². The smallest absolute Gasteiger partial charge is 0.265 e. The third-order valence-electron chi connectivity index (χ3n) is 22.2. The standard InChI is InChI=1S/C14H10Br3FO2.C14H13FN2O3.C14H13FO2.C13H9Br3FNO2.C13H11FO2.C12H8ClF2NO2.C12H9F2NO2.C12H11FN2O4S/c1-6-3-7(18)4-9(14(6)20-2)13(19)8-5-10(15)12(17)11(8)16;1-7-3-9(15)5-10(12(7)18)13(19)8-4-11(17-6-8)14(20)16-2;1-9-7-11(15)8-12(14(9)17-2)13(16)10-5-3-4-6-10;1-5-3-6(17)4-7(11(5)19)12(20)10-8(14)9(15)13(16)18(10)2;1-8-6-10(14)7-11(12(8)15)13(16)9-4-2-3-5-9;1-5-2-6(14)3-7(10(5)17)11(18)9-4-8(15)12(13)16-9;1-6-2-7(13)3-8(11(6)16)12(17)9-4-15-5-10(9)14;1-6-3-7(13)4-8(11(6)16)12(17)9-5-10(15-14-9)20(2,18)19/h3-4H,5H2,1-2H3;3,5-6,18H,4H2,1-2H3,(H,16,20);3-5,7-8H,6H2,1-2H3;3-4,19H,1-2H3;2-4,6-7,15H,5H2,1H3;2-3,17H,4H2,1H3;2-3,5,16H,4H2,1H3;3-4,16H,5H2,1-2H3. The number of nitrogens with one attached hydrogen (secondary N) is 1. The number of ketones is 8. The summed E-state index contributed by atoms with van der Waals surface area (Å²) < 4.78 is 172. The molecule has 0 radical (unpaired) electrons. The van der Waals surface area contributed by atoms with Gasteiger partial charge in [-0.05, 0) is 289 Å². The second kappa shape index (κ2) is 51.1. The summed E-state index contributed by atoms with van der Waals surface area (Å²) >= 11 is 25.6. The van der Waals surface area contributed by atoms with Gasteiger partial charge in [-0.25, -0.2) is 57.3 Å². The van der Waals surface area contributed by atoms with Gasteiger partial charge in [-0.1, -0.05) is 64.0 Å². The molecule has 0 unspecified atom stereocenters. The van der Waals surface area contributed by atoms with Crippen LogP contribution in [0.1, 0.15) is 172 Å². The molecule has 4 aliphatic heterocycles. The Morgan fingerprint density at radius 3 is 1.09 bits per heavy atom. The van der Waals surface area contributed by atoms with Gasteiger partial charge < -0.3 is 50.0 Å². The molecule has 7 aliphatic rings. The molecule has 0 saturated carbocycles. The Hall–Kier alpha value is -13.3. The molecule has 0 saturated heterocycles. The largest absolute Gasteiger partial charge is 0.507 e. The number of hydrogen-bond acceptors (Lipinski definition) is 24. The number of sulfone groups is 1. The fraction of sp³-hybridized carbons (Fsp3) is 0.192. The van der Waals surface area contributed by atoms with Gasteiger partial charge in [-0.15, -0.1) is 5.10 Å². The first-order valence-electron chi connectivity index (χ1n) is 43.0. The maximum absolute atomic E-state index is 13.6. The summed E-state index contributed by atoms with van der Waals surface area (Å²) in [7, 11) is 2.58. The Morgan fingerprint density at radius 1 is 0.419 bits per heavy atom. The fourth-order valence-electron chi connectivity index (χ4n) is 14.5. The number of aryl methyl sites for hydroxylation is 8. The van der Waals surface area contributed by atoms with E-state index in [1.807, 2.05) is 18.2 Å². The van der Waals surface area contributed by atoms with Crippen molar-refractivity contribution >= 4 is 198 Å². The van der Waals surface area contributed by atoms with Crippen molar-refractivity contribution in [1.82, 2.24) is 9.88 Å². The molecule has 26 nitrogen and oxygen atoms in total. The van der Waals surface area contributed by atoms with E-state index in [0.717, 1.165) is 82.1 Å². The third kappa shape index (κ3) is 28.4. The van der Waals surface area contributed by atoms with Gasteiger partial charge in [0.25, 0.3) is 5.91 Å². The summed E-state index contributed by atoms with van der Waals surface area (Å²) in [4.78, 5) is 120. The van der Waals surface area contributed by atoms with Gasteiger partial charge in [-0.3, -0.25) is 53.1 Å². The predicted octanol–water partition coefficient (Wildman–Crippen LogP) is 24.5. The SMILES string of the molecule is CNC(=O)C1=NC=C(C(=O)c2cc(F)cc(C)c2O)C1.COc1c(C)cc(F)cc1C(=O)C1=C(Br)C(Br)=C(Br)C1.COc1c(C)cc(F)cc1C(=O)C1=CC=CC1.Cc1cc(F)cc(C(=O)C2=C(F)C=NC2)c1O.Cc1cc(F)cc(C(=O)C2=CC=CC2)c1O.Cc1cc(F)cc(C(=O)C2=NC(Cl)=C(F)C2)c1O.Cc1cc(F)cc(C(=O)C2=NN=C(S(C)(=O)=O)C2)c1O.Cc1cc(F)cc(C(=O)c2c(Br)c(Br)c(Br)n2C)c1O. The maximum Gasteiger partial charge on any atom is 0.265 e. The number of halogens is 17. The number of methoxy groups -OCH3 is 2. The Morgan fingerprint density at radius 2 is 0.770 bits per heavy atom. The van der Waals surface area contributed by atoms with E-state index in [4.69, 9.17) is 21.1 Å². The molecule has 8 aromatic carbocycles. The number of Topliss-reactive ketones (excluding diaryl/α,β-unsaturated/α-hetero) is 7. The molecule has 0 fully saturated rings. The van der Waals surface area contributed by atoms with Crippen molar-refractivity contribution in [2.75, 3.05) is 34.1 Å². The van der Waals surface area contributed by atoms with Gasteiger partial charge in [0.05, 0.1) is 98.1 Å². The van der Waals surface area contributed by atoms with E-state index in [0.29, 0.717) is 99.0 Å². The highest BCUT2D eigenvalue weighted by Gasteiger charge is 2.35. The first-order valence-corrected chi connectivity index (χ1v) is 50.1. The van der Waals surface area contributed by atoms with E-state index in [1.54, 1.807) is 57.5 Å². The predicted molar refractivity (Wildman–Crippen MR) is 560 cm³/mol. The zero-order valence-corrected chi connectivity index (χ0v) is 90.9. The second-order valence-corrected chi connectivity index (χ2v) is 40.1. The van der Waals surface area contributed by atoms with Crippen LogP contribution in [0.3, 0.4) is 0 Å². The van der Waals surface area contributed by atoms with Crippen LogP contribution in [0.25, 0.3) is 0 Å². The van der Waals surface area contributed by atoms with Gasteiger partial charge in [0.2, 0.25) is 17.3 Å². The number of allylic oxidation sites excluding steroid dienone is 15. The molecule has 774 valence electrons. The van der Waals surface area contributed by atoms with Crippen LogP contribution in [0.4, 0.5) is 43.9 Å². The summed E-state index contributed by atoms with van der Waals surface area (Å²) in [5, 5.41) is 67.4. The van der Waals surface area contributed by atoms with Crippen LogP contribution < -0.4 is 14.8 Å². The average molecular weight is 2470 g/mol. The van der Waals surface area contributed by atoms with Gasteiger partial charge in [-0.2, -0.15) is 5.10 Å². The molecular formula is C104H84Br6ClF10N7O19S. The molecule has 5 heterocycles. The van der Waals surface area contributed by atoms with Gasteiger partial charge in [0.1, 0.15) is 126 Å². The molecule has 0 atom stereocenters. The van der Waals surface area contributed by atoms with Gasteiger partial charge in [0, 0.05) is 81.6 Å². The summed E-state index contributed by atoms with van der Waals surface area (Å²) in [5.41, 5.74) is 4.56. The Kier molecular flexibility index (Phi) is 40.8. The van der Waals surface area contributed by atoms with E-state index < -0.39 is 96.9 Å². The topological polar surface area (TPSA) is 406 Å². The summed E-state index contributed by atoms with van der Waals surface area (Å²) in [6.07, 6.45) is 15.0. The average Bonchev–Trinajstić information content (AvgIpc) is 1.63. The second-order valence-electron chi connectivity index (χ2n) is 32.8. The molecule has 3 aliphatic carbocycles. The lowest BCUT2D eigenvalue weighted by Crippen LogP contribution is -2.27. The first kappa shape index (κ1) is 118. The van der Waals surface area contributed by atoms with Crippen molar-refractivity contribution in [3.05, 3.63) is 353 Å². The molecular weight excluding hydrogens is 2390 g/mol. The number of carbonyl (C=O) groups excluding carboxylic acids is 9. The molecule has 0 spiro atoms. The number of nitrogens with zero attached hydrogens (tertiary/aromatic N) is 6. The number of aromatic nitrogens is 1. The van der Waals surface area contributed by atoms with Crippen LogP contribution in [0.5, 0.6) is 46.0 Å². The maximum atomic E-state index is 13.6. The summed E-state index contributed by atoms with van der Waals surface area (Å²) in [6, 6.07) is 17.7. The number of aliphatic imine (C=N–C) groups is 3. The molecule has 0 bridgehead atoms. The normalized spacial score (nSPS) is 14.0. The highest BCUT2D eigenvalue weighted by Crippen LogP contribution is 2.46. The third-order valence-corrected chi connectivity index (χ3v) is 30.6. The quantitative estimate of drug-likeness (QED) is 0.0225. The molecule has 44 heteroatoms. The number of aromatic hydroxyl groups is 6. The Balaban J connectivity index is 0.000000188. The van der Waals surface area contributed by atoms with E-state index in [9.17, 15) is 126 Å². The van der Waals surface area contributed by atoms with Crippen LogP contribution in [0.2, 0.25) is 0 Å². The van der Waals surface area contributed by atoms with E-state index >= 15 is 0 Å². The van der Waals surface area contributed by atoms with E-state index in [1.165, 1.54) is 91.6 Å². The summed E-state index contributed by atoms with van der Waals surface area (Å²) in [6.45, 7) is 12.3. The summed E-state index contributed by atoms with van der Waals surface area (Å²) in [5.74, 6) is -11.1. The zero-order valence-electron chi connectivity index (χ0n) is 79.8. The number of benzene rings is 8. The van der Waals surface area contributed by atoms with Crippen molar-refractivity contribution in [3.8, 4) is 46.0 Å². The Labute approximate surface area is 894 Å². The lowest BCUT2D eigenvalue weighted by atomic mass is 9.98. The lowest BCUT2D eigenvalue weighted by Gasteiger charge is -2.12. The number of amides is 1. The molecule has 16 rings (SSSR count).